The van der Waals surface area contributed by atoms with Gasteiger partial charge in [-0.15, -0.1) is 0 Å². The van der Waals surface area contributed by atoms with Crippen molar-refractivity contribution in [3.05, 3.63) is 23.3 Å². The van der Waals surface area contributed by atoms with Crippen LogP contribution in [-0.4, -0.2) is 30.2 Å². The number of fused-ring (bicyclic) bond motifs is 1. The third kappa shape index (κ3) is 2.68. The Labute approximate surface area is 116 Å². The SMILES string of the molecule is COc1cc2c(cc1C(NC(C)=O)C(=O)O)OC(C)C2. The molecule has 1 aliphatic heterocycles. The monoisotopic (exact) mass is 279 g/mol. The molecule has 2 atom stereocenters. The zero-order valence-electron chi connectivity index (χ0n) is 11.6. The molecule has 1 amide bonds. The largest absolute Gasteiger partial charge is 0.496 e. The molecule has 0 bridgehead atoms. The van der Waals surface area contributed by atoms with E-state index in [1.165, 1.54) is 14.0 Å². The van der Waals surface area contributed by atoms with E-state index in [-0.39, 0.29) is 6.10 Å². The molecule has 1 aliphatic rings. The summed E-state index contributed by atoms with van der Waals surface area (Å²) in [6.45, 7) is 3.21. The van der Waals surface area contributed by atoms with Crippen LogP contribution < -0.4 is 14.8 Å². The van der Waals surface area contributed by atoms with E-state index >= 15 is 0 Å². The number of nitrogens with one attached hydrogen (secondary N) is 1. The van der Waals surface area contributed by atoms with Gasteiger partial charge in [-0.05, 0) is 19.1 Å². The lowest BCUT2D eigenvalue weighted by Crippen LogP contribution is -2.32. The highest BCUT2D eigenvalue weighted by Gasteiger charge is 2.28. The molecule has 1 aromatic rings. The fraction of sp³-hybridized carbons (Fsp3) is 0.429. The van der Waals surface area contributed by atoms with Crippen LogP contribution in [0.25, 0.3) is 0 Å². The minimum absolute atomic E-state index is 0.0500. The number of carbonyl (C=O) groups excluding carboxylic acids is 1. The summed E-state index contributed by atoms with van der Waals surface area (Å²) >= 11 is 0. The van der Waals surface area contributed by atoms with Gasteiger partial charge in [0.2, 0.25) is 5.91 Å². The lowest BCUT2D eigenvalue weighted by atomic mass is 10.0. The highest BCUT2D eigenvalue weighted by Crippen LogP contribution is 2.37. The summed E-state index contributed by atoms with van der Waals surface area (Å²) < 4.78 is 10.9. The first-order chi connectivity index (χ1) is 9.42. The van der Waals surface area contributed by atoms with Gasteiger partial charge in [-0.2, -0.15) is 0 Å². The molecule has 0 spiro atoms. The molecule has 0 aliphatic carbocycles. The van der Waals surface area contributed by atoms with Crippen LogP contribution in [0.5, 0.6) is 11.5 Å². The zero-order valence-corrected chi connectivity index (χ0v) is 11.6. The van der Waals surface area contributed by atoms with E-state index in [4.69, 9.17) is 9.47 Å². The van der Waals surface area contributed by atoms with E-state index < -0.39 is 17.9 Å². The number of methoxy groups -OCH3 is 1. The van der Waals surface area contributed by atoms with E-state index in [0.717, 1.165) is 12.0 Å². The summed E-state index contributed by atoms with van der Waals surface area (Å²) in [5.41, 5.74) is 1.35. The molecule has 6 nitrogen and oxygen atoms in total. The number of ether oxygens (including phenoxy) is 2. The van der Waals surface area contributed by atoms with Crippen LogP contribution >= 0.6 is 0 Å². The van der Waals surface area contributed by atoms with E-state index in [9.17, 15) is 14.7 Å². The molecule has 0 radical (unpaired) electrons. The van der Waals surface area contributed by atoms with E-state index in [1.807, 2.05) is 6.92 Å². The van der Waals surface area contributed by atoms with Gasteiger partial charge in [0.15, 0.2) is 6.04 Å². The minimum atomic E-state index is -1.16. The van der Waals surface area contributed by atoms with Crippen LogP contribution in [0.1, 0.15) is 31.0 Å². The molecule has 0 fully saturated rings. The van der Waals surface area contributed by atoms with Crippen LogP contribution in [0.4, 0.5) is 0 Å². The molecule has 2 unspecified atom stereocenters. The van der Waals surface area contributed by atoms with Gasteiger partial charge < -0.3 is 19.9 Å². The van der Waals surface area contributed by atoms with Crippen molar-refractivity contribution < 1.29 is 24.2 Å². The Kier molecular flexibility index (Phi) is 3.83. The Morgan fingerprint density at radius 2 is 2.20 bits per heavy atom. The molecule has 0 aromatic heterocycles. The molecular formula is C14H17NO5. The zero-order chi connectivity index (χ0) is 14.9. The Balaban J connectivity index is 2.46. The number of rotatable bonds is 4. The highest BCUT2D eigenvalue weighted by molar-refractivity contribution is 5.84. The first-order valence-electron chi connectivity index (χ1n) is 6.29. The number of carbonyl (C=O) groups is 2. The average molecular weight is 279 g/mol. The van der Waals surface area contributed by atoms with Crippen molar-refractivity contribution in [1.29, 1.82) is 0 Å². The molecule has 6 heteroatoms. The van der Waals surface area contributed by atoms with Crippen molar-refractivity contribution in [2.75, 3.05) is 7.11 Å². The average Bonchev–Trinajstić information content (AvgIpc) is 2.72. The molecule has 0 saturated heterocycles. The van der Waals surface area contributed by atoms with Crippen LogP contribution in [0.15, 0.2) is 12.1 Å². The molecule has 20 heavy (non-hydrogen) atoms. The van der Waals surface area contributed by atoms with Crippen molar-refractivity contribution in [3.63, 3.8) is 0 Å². The third-order valence-corrected chi connectivity index (χ3v) is 3.15. The van der Waals surface area contributed by atoms with Gasteiger partial charge in [-0.1, -0.05) is 0 Å². The number of amides is 1. The van der Waals surface area contributed by atoms with Crippen molar-refractivity contribution in [1.82, 2.24) is 5.32 Å². The third-order valence-electron chi connectivity index (χ3n) is 3.15. The maximum atomic E-state index is 11.4. The molecule has 1 heterocycles. The van der Waals surface area contributed by atoms with Crippen molar-refractivity contribution in [2.45, 2.75) is 32.4 Å². The Hall–Kier alpha value is -2.24. The number of hydrogen-bond donors (Lipinski definition) is 2. The van der Waals surface area contributed by atoms with Gasteiger partial charge in [-0.25, -0.2) is 4.79 Å². The van der Waals surface area contributed by atoms with Gasteiger partial charge in [0.1, 0.15) is 17.6 Å². The second-order valence-corrected chi connectivity index (χ2v) is 4.81. The maximum Gasteiger partial charge on any atom is 0.331 e. The fourth-order valence-electron chi connectivity index (χ4n) is 2.33. The lowest BCUT2D eigenvalue weighted by molar-refractivity contribution is -0.141. The Bertz CT molecular complexity index is 555. The van der Waals surface area contributed by atoms with E-state index in [0.29, 0.717) is 17.1 Å². The predicted octanol–water partition coefficient (Wildman–Crippen LogP) is 1.28. The lowest BCUT2D eigenvalue weighted by Gasteiger charge is -2.18. The number of carboxylic acid groups (broad SMARTS) is 1. The summed E-state index contributed by atoms with van der Waals surface area (Å²) in [6.07, 6.45) is 0.804. The topological polar surface area (TPSA) is 84.9 Å². The van der Waals surface area contributed by atoms with Crippen LogP contribution in [0.3, 0.4) is 0 Å². The van der Waals surface area contributed by atoms with Gasteiger partial charge >= 0.3 is 5.97 Å². The minimum Gasteiger partial charge on any atom is -0.496 e. The van der Waals surface area contributed by atoms with Gasteiger partial charge in [0.25, 0.3) is 0 Å². The summed E-state index contributed by atoms with van der Waals surface area (Å²) in [5.74, 6) is -0.494. The van der Waals surface area contributed by atoms with E-state index in [1.54, 1.807) is 12.1 Å². The Morgan fingerprint density at radius 1 is 1.50 bits per heavy atom. The van der Waals surface area contributed by atoms with Crippen molar-refractivity contribution >= 4 is 11.9 Å². The predicted molar refractivity (Wildman–Crippen MR) is 71.0 cm³/mol. The summed E-state index contributed by atoms with van der Waals surface area (Å²) in [7, 11) is 1.47. The maximum absolute atomic E-state index is 11.4. The van der Waals surface area contributed by atoms with E-state index in [2.05, 4.69) is 5.32 Å². The fourth-order valence-corrected chi connectivity index (χ4v) is 2.33. The van der Waals surface area contributed by atoms with Crippen LogP contribution in [-0.2, 0) is 16.0 Å². The first-order valence-corrected chi connectivity index (χ1v) is 6.29. The summed E-state index contributed by atoms with van der Waals surface area (Å²) in [4.78, 5) is 22.5. The van der Waals surface area contributed by atoms with Crippen LogP contribution in [0, 0.1) is 0 Å². The number of hydrogen-bond acceptors (Lipinski definition) is 4. The second kappa shape index (κ2) is 5.40. The summed E-state index contributed by atoms with van der Waals surface area (Å²) in [5, 5.41) is 11.7. The second-order valence-electron chi connectivity index (χ2n) is 4.81. The molecular weight excluding hydrogens is 262 g/mol. The van der Waals surface area contributed by atoms with Crippen molar-refractivity contribution in [2.24, 2.45) is 0 Å². The molecule has 0 saturated carbocycles. The first kappa shape index (κ1) is 14.2. The number of carboxylic acids is 1. The van der Waals surface area contributed by atoms with Gasteiger partial charge in [0, 0.05) is 24.5 Å². The van der Waals surface area contributed by atoms with Gasteiger partial charge in [0.05, 0.1) is 7.11 Å². The van der Waals surface area contributed by atoms with Crippen LogP contribution in [0.2, 0.25) is 0 Å². The number of benzene rings is 1. The molecule has 2 N–H and O–H groups in total. The number of aliphatic carboxylic acids is 1. The quantitative estimate of drug-likeness (QED) is 0.867. The molecule has 108 valence electrons. The molecule has 2 rings (SSSR count). The van der Waals surface area contributed by atoms with Crippen molar-refractivity contribution in [3.8, 4) is 11.5 Å². The smallest absolute Gasteiger partial charge is 0.331 e. The normalized spacial score (nSPS) is 17.9. The highest BCUT2D eigenvalue weighted by atomic mass is 16.5. The molecule has 1 aromatic carbocycles. The Morgan fingerprint density at radius 3 is 2.75 bits per heavy atom. The summed E-state index contributed by atoms with van der Waals surface area (Å²) in [6, 6.07) is 2.24. The van der Waals surface area contributed by atoms with Gasteiger partial charge in [-0.3, -0.25) is 4.79 Å². The standard InChI is InChI=1S/C14H17NO5/c1-7-4-9-5-12(19-3)10(6-11(9)20-7)13(14(17)18)15-8(2)16/h5-7,13H,4H2,1-3H3,(H,15,16)(H,17,18).